The summed E-state index contributed by atoms with van der Waals surface area (Å²) in [7, 11) is 0. The molecule has 0 aliphatic carbocycles. The van der Waals surface area contributed by atoms with Crippen LogP contribution in [0.1, 0.15) is 36.6 Å². The molecule has 0 radical (unpaired) electrons. The monoisotopic (exact) mass is 654 g/mol. The minimum Gasteiger partial charge on any atom is -0.488 e. The average Bonchev–Trinajstić information content (AvgIpc) is 2.96. The van der Waals surface area contributed by atoms with Crippen LogP contribution in [0.2, 0.25) is 0 Å². The predicted molar refractivity (Wildman–Crippen MR) is 163 cm³/mol. The highest BCUT2D eigenvalue weighted by atomic mass is 79.9. The largest absolute Gasteiger partial charge is 0.488 e. The van der Waals surface area contributed by atoms with Gasteiger partial charge in [-0.05, 0) is 89.5 Å². The first-order chi connectivity index (χ1) is 20.2. The lowest BCUT2D eigenvalue weighted by molar-refractivity contribution is -0.139. The maximum atomic E-state index is 13.1. The van der Waals surface area contributed by atoms with Crippen LogP contribution >= 0.6 is 28.1 Å². The summed E-state index contributed by atoms with van der Waals surface area (Å²) < 4.78 is 30.6. The van der Waals surface area contributed by atoms with Gasteiger partial charge in [0.2, 0.25) is 0 Å². The smallest absolute Gasteiger partial charge is 0.338 e. The Labute approximate surface area is 256 Å². The highest BCUT2D eigenvalue weighted by molar-refractivity contribution is 9.10. The molecule has 1 aliphatic rings. The summed E-state index contributed by atoms with van der Waals surface area (Å²) in [5.41, 5.74) is 5.55. The summed E-state index contributed by atoms with van der Waals surface area (Å²) in [6.07, 6.45) is 1.49. The van der Waals surface area contributed by atoms with E-state index >= 15 is 0 Å². The van der Waals surface area contributed by atoms with Gasteiger partial charge in [0.15, 0.2) is 11.7 Å². The van der Waals surface area contributed by atoms with Gasteiger partial charge in [0.1, 0.15) is 23.9 Å². The number of allylic oxidation sites excluding steroid dienone is 1. The van der Waals surface area contributed by atoms with Crippen LogP contribution in [0, 0.1) is 5.82 Å². The van der Waals surface area contributed by atoms with Crippen LogP contribution in [0.3, 0.4) is 0 Å². The molecule has 42 heavy (non-hydrogen) atoms. The maximum absolute atomic E-state index is 13.1. The van der Waals surface area contributed by atoms with Crippen LogP contribution in [0.15, 0.2) is 87.6 Å². The van der Waals surface area contributed by atoms with Crippen molar-refractivity contribution in [1.29, 1.82) is 0 Å². The second kappa shape index (κ2) is 14.6. The van der Waals surface area contributed by atoms with Crippen molar-refractivity contribution in [3.8, 4) is 11.5 Å². The van der Waals surface area contributed by atoms with E-state index in [0.717, 1.165) is 5.56 Å². The molecule has 3 aromatic rings. The average molecular weight is 656 g/mol. The number of hydrogen-bond donors (Lipinski definition) is 3. The number of nitrogens with zero attached hydrogens (tertiary/aromatic N) is 1. The zero-order valence-electron chi connectivity index (χ0n) is 22.8. The molecule has 3 aromatic carbocycles. The first-order valence-corrected chi connectivity index (χ1v) is 14.1. The van der Waals surface area contributed by atoms with Gasteiger partial charge in [-0.1, -0.05) is 30.3 Å². The van der Waals surface area contributed by atoms with Gasteiger partial charge in [0.05, 0.1) is 28.9 Å². The number of benzene rings is 3. The van der Waals surface area contributed by atoms with Gasteiger partial charge >= 0.3 is 5.97 Å². The lowest BCUT2D eigenvalue weighted by Crippen LogP contribution is -2.45. The summed E-state index contributed by atoms with van der Waals surface area (Å²) in [5.74, 6) is -0.265. The molecule has 1 heterocycles. The fraction of sp³-hybridized carbons (Fsp3) is 0.200. The minimum absolute atomic E-state index is 0.220. The third-order valence-corrected chi connectivity index (χ3v) is 6.86. The summed E-state index contributed by atoms with van der Waals surface area (Å²) in [6, 6.07) is 17.8. The SMILES string of the molecule is CCOC(=O)C1=C(C)NC(=S)N[C@@H]1c1ccccc1OCC(=O)NN=Cc1ccc(OCc2ccc(F)cc2)c(Br)c1. The van der Waals surface area contributed by atoms with E-state index in [1.807, 2.05) is 0 Å². The Morgan fingerprint density at radius 1 is 1.10 bits per heavy atom. The number of amides is 1. The first kappa shape index (κ1) is 30.7. The number of ether oxygens (including phenoxy) is 3. The number of para-hydroxylation sites is 1. The van der Waals surface area contributed by atoms with Gasteiger partial charge in [0.25, 0.3) is 5.91 Å². The van der Waals surface area contributed by atoms with Crippen LogP contribution in [-0.2, 0) is 20.9 Å². The zero-order chi connectivity index (χ0) is 30.1. The topological polar surface area (TPSA) is 110 Å². The van der Waals surface area contributed by atoms with Crippen LogP contribution in [0.25, 0.3) is 0 Å². The maximum Gasteiger partial charge on any atom is 0.338 e. The highest BCUT2D eigenvalue weighted by Gasteiger charge is 2.32. The number of carbonyl (C=O) groups excluding carboxylic acids is 2. The molecular weight excluding hydrogens is 627 g/mol. The normalized spacial score (nSPS) is 14.7. The van der Waals surface area contributed by atoms with Crippen molar-refractivity contribution in [3.63, 3.8) is 0 Å². The fourth-order valence-corrected chi connectivity index (χ4v) is 4.85. The van der Waals surface area contributed by atoms with Crippen LogP contribution < -0.4 is 25.5 Å². The zero-order valence-corrected chi connectivity index (χ0v) is 25.2. The Balaban J connectivity index is 1.34. The van der Waals surface area contributed by atoms with E-state index in [9.17, 15) is 14.0 Å². The predicted octanol–water partition coefficient (Wildman–Crippen LogP) is 5.05. The third kappa shape index (κ3) is 8.14. The van der Waals surface area contributed by atoms with E-state index in [0.29, 0.717) is 43.5 Å². The lowest BCUT2D eigenvalue weighted by Gasteiger charge is -2.30. The number of esters is 1. The van der Waals surface area contributed by atoms with Gasteiger partial charge in [-0.25, -0.2) is 14.6 Å². The third-order valence-electron chi connectivity index (χ3n) is 6.02. The van der Waals surface area contributed by atoms with Crippen LogP contribution in [-0.4, -0.2) is 36.4 Å². The van der Waals surface area contributed by atoms with Crippen molar-refractivity contribution in [3.05, 3.63) is 105 Å². The Morgan fingerprint density at radius 2 is 1.86 bits per heavy atom. The molecule has 4 rings (SSSR count). The van der Waals surface area contributed by atoms with Crippen molar-refractivity contribution in [2.75, 3.05) is 13.2 Å². The highest BCUT2D eigenvalue weighted by Crippen LogP contribution is 2.33. The number of thiocarbonyl (C=S) groups is 1. The van der Waals surface area contributed by atoms with E-state index < -0.39 is 17.9 Å². The number of carbonyl (C=O) groups is 2. The Morgan fingerprint density at radius 3 is 2.60 bits per heavy atom. The second-order valence-corrected chi connectivity index (χ2v) is 10.3. The molecule has 0 saturated carbocycles. The van der Waals surface area contributed by atoms with Gasteiger partial charge in [0, 0.05) is 11.3 Å². The molecule has 0 spiro atoms. The van der Waals surface area contributed by atoms with Crippen molar-refractivity contribution in [1.82, 2.24) is 16.1 Å². The van der Waals surface area contributed by atoms with Crippen molar-refractivity contribution < 1.29 is 28.2 Å². The van der Waals surface area contributed by atoms with Crippen molar-refractivity contribution in [2.24, 2.45) is 5.10 Å². The summed E-state index contributed by atoms with van der Waals surface area (Å²) in [4.78, 5) is 25.2. The van der Waals surface area contributed by atoms with E-state index in [1.165, 1.54) is 18.3 Å². The first-order valence-electron chi connectivity index (χ1n) is 12.9. The fourth-order valence-electron chi connectivity index (χ4n) is 4.07. The number of halogens is 2. The molecule has 1 aliphatic heterocycles. The van der Waals surface area contributed by atoms with Gasteiger partial charge < -0.3 is 24.8 Å². The Hall–Kier alpha value is -4.29. The lowest BCUT2D eigenvalue weighted by atomic mass is 9.95. The molecule has 218 valence electrons. The number of hydrogen-bond acceptors (Lipinski definition) is 7. The van der Waals surface area contributed by atoms with Gasteiger partial charge in [-0.2, -0.15) is 5.10 Å². The molecule has 1 atom stereocenters. The molecule has 3 N–H and O–H groups in total. The molecule has 0 fully saturated rings. The molecule has 9 nitrogen and oxygen atoms in total. The minimum atomic E-state index is -0.629. The number of rotatable bonds is 11. The van der Waals surface area contributed by atoms with E-state index in [-0.39, 0.29) is 25.6 Å². The molecule has 0 saturated heterocycles. The van der Waals surface area contributed by atoms with E-state index in [4.69, 9.17) is 26.4 Å². The molecule has 0 unspecified atom stereocenters. The number of hydrazone groups is 1. The van der Waals surface area contributed by atoms with E-state index in [1.54, 1.807) is 68.4 Å². The quantitative estimate of drug-likeness (QED) is 0.114. The summed E-state index contributed by atoms with van der Waals surface area (Å²) in [6.45, 7) is 3.66. The van der Waals surface area contributed by atoms with E-state index in [2.05, 4.69) is 37.1 Å². The standard InChI is InChI=1S/C30H28BrFN4O5S/c1-3-39-29(38)27-18(2)34-30(42)35-28(27)22-6-4-5-7-24(22)41-17-26(37)36-33-15-20-10-13-25(23(31)14-20)40-16-19-8-11-21(32)12-9-19/h4-15,28H,3,16-17H2,1-2H3,(H,36,37)(H2,34,35,42)/t28-/m1/s1. The van der Waals surface area contributed by atoms with Crippen LogP contribution in [0.4, 0.5) is 4.39 Å². The Bertz CT molecular complexity index is 1530. The van der Waals surface area contributed by atoms with Gasteiger partial charge in [-0.15, -0.1) is 0 Å². The molecule has 12 heteroatoms. The summed E-state index contributed by atoms with van der Waals surface area (Å²) >= 11 is 8.77. The van der Waals surface area contributed by atoms with Crippen LogP contribution in [0.5, 0.6) is 11.5 Å². The number of nitrogens with one attached hydrogen (secondary N) is 3. The van der Waals surface area contributed by atoms with Crippen molar-refractivity contribution in [2.45, 2.75) is 26.5 Å². The molecule has 0 bridgehead atoms. The molecule has 0 aromatic heterocycles. The van der Waals surface area contributed by atoms with Crippen molar-refractivity contribution >= 4 is 51.4 Å². The summed E-state index contributed by atoms with van der Waals surface area (Å²) in [5, 5.41) is 10.4. The molecular formula is C30H28BrFN4O5S. The Kier molecular flexibility index (Phi) is 10.6. The second-order valence-electron chi connectivity index (χ2n) is 9.02. The molecule has 1 amide bonds. The van der Waals surface area contributed by atoms with Gasteiger partial charge in [-0.3, -0.25) is 4.79 Å².